The lowest BCUT2D eigenvalue weighted by Gasteiger charge is -2.26. The van der Waals surface area contributed by atoms with Gasteiger partial charge in [-0.3, -0.25) is 9.13 Å². The van der Waals surface area contributed by atoms with Crippen molar-refractivity contribution in [2.24, 2.45) is 0 Å². The van der Waals surface area contributed by atoms with E-state index in [0.717, 1.165) is 34.1 Å². The molecule has 0 fully saturated rings. The van der Waals surface area contributed by atoms with Crippen molar-refractivity contribution in [3.05, 3.63) is 176 Å². The van der Waals surface area contributed by atoms with Crippen LogP contribution in [0.3, 0.4) is 0 Å². The first-order valence-corrected chi connectivity index (χ1v) is 17.1. The second-order valence-corrected chi connectivity index (χ2v) is 13.3. The van der Waals surface area contributed by atoms with Gasteiger partial charge in [0.15, 0.2) is 0 Å². The van der Waals surface area contributed by atoms with Gasteiger partial charge in [-0.1, -0.05) is 91.0 Å². The molecular formula is C44H29N3S. The average Bonchev–Trinajstić information content (AvgIpc) is 3.80. The van der Waals surface area contributed by atoms with Crippen LogP contribution in [0.25, 0.3) is 64.4 Å². The van der Waals surface area contributed by atoms with Gasteiger partial charge in [-0.15, -0.1) is 11.3 Å². The fourth-order valence-electron chi connectivity index (χ4n) is 7.43. The van der Waals surface area contributed by atoms with Gasteiger partial charge in [-0.25, -0.2) is 0 Å². The fourth-order valence-corrected chi connectivity index (χ4v) is 8.52. The van der Waals surface area contributed by atoms with Crippen LogP contribution in [0.5, 0.6) is 0 Å². The quantitative estimate of drug-likeness (QED) is 0.184. The molecule has 0 aliphatic rings. The van der Waals surface area contributed by atoms with Crippen molar-refractivity contribution in [2.45, 2.75) is 0 Å². The average molecular weight is 632 g/mol. The van der Waals surface area contributed by atoms with Crippen molar-refractivity contribution < 1.29 is 0 Å². The highest BCUT2D eigenvalue weighted by atomic mass is 32.1. The van der Waals surface area contributed by atoms with Crippen LogP contribution < -0.4 is 4.90 Å². The minimum Gasteiger partial charge on any atom is -0.310 e. The van der Waals surface area contributed by atoms with Crippen LogP contribution in [0, 0.1) is 0 Å². The number of thiophene rings is 1. The molecular weight excluding hydrogens is 603 g/mol. The number of benzene rings is 7. The second-order valence-electron chi connectivity index (χ2n) is 12.2. The first-order chi connectivity index (χ1) is 23.8. The molecule has 0 saturated carbocycles. The van der Waals surface area contributed by atoms with E-state index >= 15 is 0 Å². The maximum Gasteiger partial charge on any atom is 0.131 e. The van der Waals surface area contributed by atoms with E-state index in [0.29, 0.717) is 0 Å². The van der Waals surface area contributed by atoms with Gasteiger partial charge in [0.2, 0.25) is 0 Å². The standard InChI is InChI=1S/C44H29N3S/c1-4-14-30(15-5-1)45(34-25-27-42-37(28-34)35-20-11-13-23-41(35)48-42)33-24-26-40-38(29-33)43-36-21-10-12-22-39(36)46(31-16-6-2-7-17-31)44(43)47(40)32-18-8-3-9-19-32/h1-29H. The summed E-state index contributed by atoms with van der Waals surface area (Å²) in [6.45, 7) is 0. The Morgan fingerprint density at radius 2 is 0.896 bits per heavy atom. The molecule has 0 unspecified atom stereocenters. The van der Waals surface area contributed by atoms with Crippen molar-refractivity contribution in [3.8, 4) is 11.4 Å². The van der Waals surface area contributed by atoms with E-state index in [1.807, 2.05) is 11.3 Å². The van der Waals surface area contributed by atoms with Crippen LogP contribution in [-0.4, -0.2) is 9.13 Å². The topological polar surface area (TPSA) is 13.1 Å². The Bertz CT molecular complexity index is 2770. The van der Waals surface area contributed by atoms with Crippen molar-refractivity contribution in [1.29, 1.82) is 0 Å². The Labute approximate surface area is 281 Å². The summed E-state index contributed by atoms with van der Waals surface area (Å²) in [5.41, 5.74) is 9.21. The van der Waals surface area contributed by atoms with Crippen LogP contribution in [0.2, 0.25) is 0 Å². The van der Waals surface area contributed by atoms with Crippen molar-refractivity contribution in [3.63, 3.8) is 0 Å². The summed E-state index contributed by atoms with van der Waals surface area (Å²) >= 11 is 1.86. The normalized spacial score (nSPS) is 11.8. The maximum atomic E-state index is 2.43. The van der Waals surface area contributed by atoms with E-state index in [-0.39, 0.29) is 0 Å². The van der Waals surface area contributed by atoms with E-state index in [4.69, 9.17) is 0 Å². The summed E-state index contributed by atoms with van der Waals surface area (Å²) in [5, 5.41) is 6.31. The molecule has 0 atom stereocenters. The Hall–Kier alpha value is -6.10. The Kier molecular flexibility index (Phi) is 6.05. The third-order valence-electron chi connectivity index (χ3n) is 9.47. The lowest BCUT2D eigenvalue weighted by Crippen LogP contribution is -2.09. The van der Waals surface area contributed by atoms with Crippen LogP contribution in [-0.2, 0) is 0 Å². The lowest BCUT2D eigenvalue weighted by atomic mass is 10.1. The Morgan fingerprint density at radius 3 is 1.60 bits per heavy atom. The summed E-state index contributed by atoms with van der Waals surface area (Å²) in [4.78, 5) is 2.40. The SMILES string of the molecule is c1ccc(N(c2ccc3sc4ccccc4c3c2)c2ccc3c(c2)c2c4ccccc4n(-c4ccccc4)c2n3-c2ccccc2)cc1. The smallest absolute Gasteiger partial charge is 0.131 e. The highest BCUT2D eigenvalue weighted by Crippen LogP contribution is 2.45. The predicted octanol–water partition coefficient (Wildman–Crippen LogP) is 12.6. The highest BCUT2D eigenvalue weighted by Gasteiger charge is 2.23. The molecule has 3 aromatic heterocycles. The molecule has 10 rings (SSSR count). The molecule has 0 saturated heterocycles. The van der Waals surface area contributed by atoms with Crippen LogP contribution >= 0.6 is 11.3 Å². The van der Waals surface area contributed by atoms with Crippen LogP contribution in [0.4, 0.5) is 17.1 Å². The molecule has 0 bridgehead atoms. The molecule has 10 aromatic rings. The molecule has 0 N–H and O–H groups in total. The predicted molar refractivity (Wildman–Crippen MR) is 205 cm³/mol. The van der Waals surface area contributed by atoms with E-state index in [1.54, 1.807) is 0 Å². The van der Waals surface area contributed by atoms with Crippen molar-refractivity contribution in [1.82, 2.24) is 9.13 Å². The van der Waals surface area contributed by atoms with Gasteiger partial charge in [0.1, 0.15) is 5.65 Å². The fraction of sp³-hybridized carbons (Fsp3) is 0. The minimum atomic E-state index is 1.12. The number of anilines is 3. The third kappa shape index (κ3) is 4.06. The molecule has 0 radical (unpaired) electrons. The number of para-hydroxylation sites is 4. The lowest BCUT2D eigenvalue weighted by molar-refractivity contribution is 1.07. The molecule has 3 heterocycles. The zero-order valence-corrected chi connectivity index (χ0v) is 26.8. The van der Waals surface area contributed by atoms with E-state index in [2.05, 4.69) is 190 Å². The zero-order chi connectivity index (χ0) is 31.6. The molecule has 3 nitrogen and oxygen atoms in total. The van der Waals surface area contributed by atoms with Gasteiger partial charge in [-0.2, -0.15) is 0 Å². The second kappa shape index (κ2) is 10.7. The Morgan fingerprint density at radius 1 is 0.375 bits per heavy atom. The van der Waals surface area contributed by atoms with Gasteiger partial charge in [0.25, 0.3) is 0 Å². The number of fused-ring (bicyclic) bond motifs is 8. The summed E-state index contributed by atoms with van der Waals surface area (Å²) in [7, 11) is 0. The van der Waals surface area contributed by atoms with Crippen molar-refractivity contribution in [2.75, 3.05) is 4.90 Å². The molecule has 0 aliphatic heterocycles. The number of rotatable bonds is 5. The van der Waals surface area contributed by atoms with Gasteiger partial charge in [0, 0.05) is 64.8 Å². The third-order valence-corrected chi connectivity index (χ3v) is 10.6. The van der Waals surface area contributed by atoms with E-state index < -0.39 is 0 Å². The first-order valence-electron chi connectivity index (χ1n) is 16.3. The van der Waals surface area contributed by atoms with Crippen LogP contribution in [0.15, 0.2) is 176 Å². The summed E-state index contributed by atoms with van der Waals surface area (Å²) < 4.78 is 7.47. The summed E-state index contributed by atoms with van der Waals surface area (Å²) in [6.07, 6.45) is 0. The van der Waals surface area contributed by atoms with Crippen molar-refractivity contribution >= 4 is 81.4 Å². The molecule has 226 valence electrons. The van der Waals surface area contributed by atoms with Gasteiger partial charge in [0.05, 0.1) is 11.0 Å². The largest absolute Gasteiger partial charge is 0.310 e. The molecule has 7 aromatic carbocycles. The molecule has 0 amide bonds. The van der Waals surface area contributed by atoms with E-state index in [1.165, 1.54) is 47.4 Å². The zero-order valence-electron chi connectivity index (χ0n) is 26.0. The van der Waals surface area contributed by atoms with Gasteiger partial charge >= 0.3 is 0 Å². The monoisotopic (exact) mass is 631 g/mol. The highest BCUT2D eigenvalue weighted by molar-refractivity contribution is 7.25. The molecule has 0 spiro atoms. The van der Waals surface area contributed by atoms with Gasteiger partial charge < -0.3 is 4.90 Å². The molecule has 0 aliphatic carbocycles. The van der Waals surface area contributed by atoms with E-state index in [9.17, 15) is 0 Å². The maximum absolute atomic E-state index is 2.43. The Balaban J connectivity index is 1.29. The summed E-state index contributed by atoms with van der Waals surface area (Å²) in [5.74, 6) is 0. The first kappa shape index (κ1) is 27.1. The minimum absolute atomic E-state index is 1.12. The number of hydrogen-bond acceptors (Lipinski definition) is 2. The molecule has 48 heavy (non-hydrogen) atoms. The van der Waals surface area contributed by atoms with Gasteiger partial charge in [-0.05, 0) is 84.9 Å². The number of hydrogen-bond donors (Lipinski definition) is 0. The number of aromatic nitrogens is 2. The molecule has 4 heteroatoms. The number of nitrogens with zero attached hydrogens (tertiary/aromatic N) is 3. The van der Waals surface area contributed by atoms with Crippen LogP contribution in [0.1, 0.15) is 0 Å². The summed E-state index contributed by atoms with van der Waals surface area (Å²) in [6, 6.07) is 63.6.